The molecule has 7 nitrogen and oxygen atoms in total. The molecule has 5 heterocycles. The smallest absolute Gasteiger partial charge is 0.163 e. The minimum Gasteiger partial charge on any atom is -0.353 e. The van der Waals surface area contributed by atoms with Crippen LogP contribution in [0, 0.1) is 0 Å². The second-order valence-corrected chi connectivity index (χ2v) is 9.83. The van der Waals surface area contributed by atoms with Crippen LogP contribution in [0.1, 0.15) is 61.6 Å². The van der Waals surface area contributed by atoms with E-state index in [1.54, 1.807) is 0 Å². The normalized spacial score (nSPS) is 19.7. The number of aromatic amines is 1. The van der Waals surface area contributed by atoms with E-state index in [4.69, 9.17) is 9.97 Å². The number of hydrogen-bond donors (Lipinski definition) is 2. The van der Waals surface area contributed by atoms with Gasteiger partial charge in [0.1, 0.15) is 11.5 Å². The number of nitrogens with zero attached hydrogens (tertiary/aromatic N) is 5. The second-order valence-electron chi connectivity index (χ2n) is 9.83. The summed E-state index contributed by atoms with van der Waals surface area (Å²) in [4.78, 5) is 25.5. The van der Waals surface area contributed by atoms with E-state index >= 15 is 0 Å². The van der Waals surface area contributed by atoms with Gasteiger partial charge in [0.15, 0.2) is 5.82 Å². The highest BCUT2D eigenvalue weighted by Gasteiger charge is 2.29. The summed E-state index contributed by atoms with van der Waals surface area (Å²) in [5.41, 5.74) is 5.57. The number of anilines is 1. The Morgan fingerprint density at radius 1 is 0.939 bits per heavy atom. The molecule has 2 aliphatic carbocycles. The standard InChI is InChI=1S/C26H29N7/c1-2-4-17(3-1)21-13-19-18(7-8-29-24(19)30-21)25-31-22-15-28-14-20(16-5-6-16)23(22)26(32-25)33-11-9-27-10-12-33/h7-8,13-17,27H,1-6,9-12H2,(H,29,30). The van der Waals surface area contributed by atoms with Crippen LogP contribution < -0.4 is 10.2 Å². The van der Waals surface area contributed by atoms with Crippen molar-refractivity contribution in [1.29, 1.82) is 0 Å². The number of piperazine rings is 1. The summed E-state index contributed by atoms with van der Waals surface area (Å²) in [6.45, 7) is 3.87. The number of pyridine rings is 2. The van der Waals surface area contributed by atoms with Crippen LogP contribution >= 0.6 is 0 Å². The lowest BCUT2D eigenvalue weighted by molar-refractivity contribution is 0.586. The molecule has 3 fully saturated rings. The molecule has 0 amide bonds. The molecule has 2 saturated carbocycles. The fourth-order valence-electron chi connectivity index (χ4n) is 5.72. The van der Waals surface area contributed by atoms with Crippen LogP contribution in [0.5, 0.6) is 0 Å². The van der Waals surface area contributed by atoms with Gasteiger partial charge in [-0.2, -0.15) is 0 Å². The number of fused-ring (bicyclic) bond motifs is 2. The molecule has 0 spiro atoms. The number of rotatable bonds is 4. The summed E-state index contributed by atoms with van der Waals surface area (Å²) in [7, 11) is 0. The maximum atomic E-state index is 5.24. The molecule has 7 rings (SSSR count). The van der Waals surface area contributed by atoms with Gasteiger partial charge < -0.3 is 15.2 Å². The van der Waals surface area contributed by atoms with Gasteiger partial charge in [0.05, 0.1) is 11.7 Å². The molecule has 7 heteroatoms. The van der Waals surface area contributed by atoms with Crippen LogP contribution in [0.3, 0.4) is 0 Å². The third-order valence-corrected chi connectivity index (χ3v) is 7.64. The van der Waals surface area contributed by atoms with Gasteiger partial charge in [-0.3, -0.25) is 4.98 Å². The zero-order chi connectivity index (χ0) is 21.8. The van der Waals surface area contributed by atoms with E-state index in [9.17, 15) is 0 Å². The zero-order valence-electron chi connectivity index (χ0n) is 18.8. The Bertz CT molecular complexity index is 1330. The van der Waals surface area contributed by atoms with Crippen LogP contribution in [0.2, 0.25) is 0 Å². The predicted octanol–water partition coefficient (Wildman–Crippen LogP) is 4.51. The summed E-state index contributed by atoms with van der Waals surface area (Å²) in [6.07, 6.45) is 13.5. The Hall–Kier alpha value is -3.06. The Balaban J connectivity index is 1.42. The molecule has 0 radical (unpaired) electrons. The van der Waals surface area contributed by atoms with E-state index in [-0.39, 0.29) is 0 Å². The molecule has 1 aliphatic heterocycles. The van der Waals surface area contributed by atoms with Crippen LogP contribution in [0.25, 0.3) is 33.3 Å². The van der Waals surface area contributed by atoms with E-state index < -0.39 is 0 Å². The van der Waals surface area contributed by atoms with Gasteiger partial charge in [-0.25, -0.2) is 15.0 Å². The van der Waals surface area contributed by atoms with Gasteiger partial charge in [-0.05, 0) is 55.2 Å². The monoisotopic (exact) mass is 439 g/mol. The van der Waals surface area contributed by atoms with Crippen molar-refractivity contribution in [2.24, 2.45) is 0 Å². The Morgan fingerprint density at radius 2 is 1.79 bits per heavy atom. The minimum atomic E-state index is 0.601. The molecule has 0 atom stereocenters. The maximum absolute atomic E-state index is 5.24. The minimum absolute atomic E-state index is 0.601. The maximum Gasteiger partial charge on any atom is 0.163 e. The first-order valence-electron chi connectivity index (χ1n) is 12.4. The second kappa shape index (κ2) is 7.76. The number of H-pyrrole nitrogens is 1. The van der Waals surface area contributed by atoms with E-state index in [2.05, 4.69) is 37.3 Å². The number of aromatic nitrogens is 5. The lowest BCUT2D eigenvalue weighted by Crippen LogP contribution is -2.44. The topological polar surface area (TPSA) is 82.6 Å². The van der Waals surface area contributed by atoms with Crippen molar-refractivity contribution in [3.8, 4) is 11.4 Å². The Kier molecular flexibility index (Phi) is 4.57. The van der Waals surface area contributed by atoms with Gasteiger partial charge in [-0.1, -0.05) is 12.8 Å². The van der Waals surface area contributed by atoms with Crippen molar-refractivity contribution < 1.29 is 0 Å². The lowest BCUT2D eigenvalue weighted by atomic mass is 10.0. The summed E-state index contributed by atoms with van der Waals surface area (Å²) in [5, 5.41) is 5.79. The molecule has 3 aliphatic rings. The summed E-state index contributed by atoms with van der Waals surface area (Å²) >= 11 is 0. The predicted molar refractivity (Wildman–Crippen MR) is 131 cm³/mol. The number of nitrogens with one attached hydrogen (secondary N) is 2. The molecule has 1 saturated heterocycles. The first-order valence-corrected chi connectivity index (χ1v) is 12.4. The number of hydrogen-bond acceptors (Lipinski definition) is 6. The first kappa shape index (κ1) is 19.4. The van der Waals surface area contributed by atoms with Crippen LogP contribution in [-0.2, 0) is 0 Å². The summed E-state index contributed by atoms with van der Waals surface area (Å²) in [6, 6.07) is 4.36. The van der Waals surface area contributed by atoms with Crippen molar-refractivity contribution in [1.82, 2.24) is 30.2 Å². The third kappa shape index (κ3) is 3.37. The van der Waals surface area contributed by atoms with Crippen LogP contribution in [-0.4, -0.2) is 51.1 Å². The van der Waals surface area contributed by atoms with Crippen molar-refractivity contribution in [3.05, 3.63) is 42.0 Å². The van der Waals surface area contributed by atoms with Crippen LogP contribution in [0.15, 0.2) is 30.7 Å². The van der Waals surface area contributed by atoms with E-state index in [1.807, 2.05) is 18.6 Å². The molecule has 4 aromatic heterocycles. The van der Waals surface area contributed by atoms with Crippen LogP contribution in [0.4, 0.5) is 5.82 Å². The lowest BCUT2D eigenvalue weighted by Gasteiger charge is -2.30. The SMILES string of the molecule is c1cc(-c2nc(N3CCNCC3)c3c(C4CC4)cncc3n2)c2cc(C3CCCC3)[nH]c2n1. The molecule has 33 heavy (non-hydrogen) atoms. The highest BCUT2D eigenvalue weighted by atomic mass is 15.2. The summed E-state index contributed by atoms with van der Waals surface area (Å²) < 4.78 is 0. The average molecular weight is 440 g/mol. The molecule has 0 bridgehead atoms. The van der Waals surface area contributed by atoms with Crippen molar-refractivity contribution in [2.45, 2.75) is 50.4 Å². The third-order valence-electron chi connectivity index (χ3n) is 7.64. The van der Waals surface area contributed by atoms with Gasteiger partial charge in [0.2, 0.25) is 0 Å². The zero-order valence-corrected chi connectivity index (χ0v) is 18.8. The average Bonchev–Trinajstić information content (AvgIpc) is 3.37. The quantitative estimate of drug-likeness (QED) is 0.487. The van der Waals surface area contributed by atoms with Gasteiger partial charge in [0.25, 0.3) is 0 Å². The fourth-order valence-corrected chi connectivity index (χ4v) is 5.72. The molecular weight excluding hydrogens is 410 g/mol. The molecule has 4 aromatic rings. The van der Waals surface area contributed by atoms with Gasteiger partial charge >= 0.3 is 0 Å². The van der Waals surface area contributed by atoms with Crippen molar-refractivity contribution in [3.63, 3.8) is 0 Å². The van der Waals surface area contributed by atoms with E-state index in [0.717, 1.165) is 59.9 Å². The van der Waals surface area contributed by atoms with E-state index in [0.29, 0.717) is 11.8 Å². The Morgan fingerprint density at radius 3 is 2.61 bits per heavy atom. The molecule has 0 aromatic carbocycles. The molecule has 2 N–H and O–H groups in total. The highest BCUT2D eigenvalue weighted by molar-refractivity contribution is 5.97. The molecular formula is C26H29N7. The highest BCUT2D eigenvalue weighted by Crippen LogP contribution is 2.45. The largest absolute Gasteiger partial charge is 0.353 e. The first-order chi connectivity index (χ1) is 16.3. The fraction of sp³-hybridized carbons (Fsp3) is 0.462. The van der Waals surface area contributed by atoms with Crippen molar-refractivity contribution >= 4 is 27.8 Å². The van der Waals surface area contributed by atoms with E-state index in [1.165, 1.54) is 55.2 Å². The molecule has 168 valence electrons. The van der Waals surface area contributed by atoms with Gasteiger partial charge in [-0.15, -0.1) is 0 Å². The van der Waals surface area contributed by atoms with Crippen molar-refractivity contribution in [2.75, 3.05) is 31.1 Å². The Labute approximate surface area is 193 Å². The van der Waals surface area contributed by atoms with Gasteiger partial charge in [0, 0.05) is 60.6 Å². The summed E-state index contributed by atoms with van der Waals surface area (Å²) in [5.74, 6) is 3.06. The molecule has 0 unspecified atom stereocenters.